The SMILES string of the molecule is O=CCCCC1(CCCC=O)OCCO1. The van der Waals surface area contributed by atoms with Crippen LogP contribution in [0, 0.1) is 0 Å². The zero-order valence-electron chi connectivity index (χ0n) is 8.94. The summed E-state index contributed by atoms with van der Waals surface area (Å²) in [6.07, 6.45) is 5.96. The minimum atomic E-state index is -0.522. The molecule has 1 aliphatic rings. The minimum absolute atomic E-state index is 0.522. The van der Waals surface area contributed by atoms with Crippen LogP contribution < -0.4 is 0 Å². The van der Waals surface area contributed by atoms with Gasteiger partial charge < -0.3 is 19.1 Å². The maximum Gasteiger partial charge on any atom is 0.168 e. The number of hydrogen-bond acceptors (Lipinski definition) is 4. The van der Waals surface area contributed by atoms with Crippen molar-refractivity contribution in [2.45, 2.75) is 44.3 Å². The number of carbonyl (C=O) groups excluding carboxylic acids is 2. The second-order valence-electron chi connectivity index (χ2n) is 3.73. The molecule has 0 spiro atoms. The Bertz CT molecular complexity index is 181. The Balaban J connectivity index is 2.31. The summed E-state index contributed by atoms with van der Waals surface area (Å²) in [6, 6.07) is 0. The summed E-state index contributed by atoms with van der Waals surface area (Å²) in [5.74, 6) is -0.522. The zero-order valence-corrected chi connectivity index (χ0v) is 8.94. The molecular weight excluding hydrogens is 196 g/mol. The van der Waals surface area contributed by atoms with Gasteiger partial charge in [0.2, 0.25) is 0 Å². The lowest BCUT2D eigenvalue weighted by molar-refractivity contribution is -0.168. The van der Waals surface area contributed by atoms with Crippen LogP contribution in [0.3, 0.4) is 0 Å². The lowest BCUT2D eigenvalue weighted by Gasteiger charge is -2.26. The van der Waals surface area contributed by atoms with Gasteiger partial charge in [-0.3, -0.25) is 0 Å². The first-order valence-electron chi connectivity index (χ1n) is 5.48. The lowest BCUT2D eigenvalue weighted by Crippen LogP contribution is -2.30. The number of ether oxygens (including phenoxy) is 2. The van der Waals surface area contributed by atoms with E-state index in [1.165, 1.54) is 0 Å². The number of aldehydes is 2. The first-order chi connectivity index (χ1) is 7.33. The average Bonchev–Trinajstić information content (AvgIpc) is 2.68. The summed E-state index contributed by atoms with van der Waals surface area (Å²) in [7, 11) is 0. The standard InChI is InChI=1S/C11H18O4/c12-7-3-1-5-11(6-2-4-8-13)14-9-10-15-11/h7-8H,1-6,9-10H2. The molecular formula is C11H18O4. The fourth-order valence-electron chi connectivity index (χ4n) is 1.82. The van der Waals surface area contributed by atoms with Gasteiger partial charge in [-0.05, 0) is 12.8 Å². The van der Waals surface area contributed by atoms with Crippen LogP contribution in [0.25, 0.3) is 0 Å². The molecule has 0 aliphatic carbocycles. The molecule has 0 aromatic rings. The van der Waals surface area contributed by atoms with Gasteiger partial charge >= 0.3 is 0 Å². The van der Waals surface area contributed by atoms with E-state index in [-0.39, 0.29) is 0 Å². The number of rotatable bonds is 8. The highest BCUT2D eigenvalue weighted by Crippen LogP contribution is 2.30. The maximum absolute atomic E-state index is 10.2. The van der Waals surface area contributed by atoms with Gasteiger partial charge in [-0.25, -0.2) is 0 Å². The molecule has 0 saturated carbocycles. The molecule has 0 bridgehead atoms. The highest BCUT2D eigenvalue weighted by molar-refractivity contribution is 5.49. The molecule has 0 atom stereocenters. The van der Waals surface area contributed by atoms with Crippen molar-refractivity contribution in [3.63, 3.8) is 0 Å². The molecule has 1 heterocycles. The van der Waals surface area contributed by atoms with Crippen molar-refractivity contribution in [2.75, 3.05) is 13.2 Å². The predicted octanol–water partition coefficient (Wildman–Crippen LogP) is 1.47. The summed E-state index contributed by atoms with van der Waals surface area (Å²) < 4.78 is 11.2. The van der Waals surface area contributed by atoms with Crippen LogP contribution in [0.5, 0.6) is 0 Å². The van der Waals surface area contributed by atoms with E-state index >= 15 is 0 Å². The first kappa shape index (κ1) is 12.3. The Morgan fingerprint density at radius 2 is 1.40 bits per heavy atom. The Morgan fingerprint density at radius 3 is 1.80 bits per heavy atom. The van der Waals surface area contributed by atoms with Crippen LogP contribution in [0.2, 0.25) is 0 Å². The molecule has 4 heteroatoms. The van der Waals surface area contributed by atoms with E-state index in [9.17, 15) is 9.59 Å². The Labute approximate surface area is 89.9 Å². The van der Waals surface area contributed by atoms with Crippen LogP contribution >= 0.6 is 0 Å². The molecule has 0 aromatic carbocycles. The van der Waals surface area contributed by atoms with Gasteiger partial charge in [-0.1, -0.05) is 0 Å². The average molecular weight is 214 g/mol. The third-order valence-electron chi connectivity index (χ3n) is 2.57. The fraction of sp³-hybridized carbons (Fsp3) is 0.818. The third-order valence-corrected chi connectivity index (χ3v) is 2.57. The van der Waals surface area contributed by atoms with Crippen molar-refractivity contribution in [2.24, 2.45) is 0 Å². The number of hydrogen-bond donors (Lipinski definition) is 0. The van der Waals surface area contributed by atoms with Gasteiger partial charge in [-0.15, -0.1) is 0 Å². The molecule has 0 amide bonds. The highest BCUT2D eigenvalue weighted by Gasteiger charge is 2.34. The summed E-state index contributed by atoms with van der Waals surface area (Å²) in [5, 5.41) is 0. The quantitative estimate of drug-likeness (QED) is 0.453. The molecule has 0 N–H and O–H groups in total. The van der Waals surface area contributed by atoms with E-state index in [4.69, 9.17) is 9.47 Å². The van der Waals surface area contributed by atoms with E-state index in [0.29, 0.717) is 26.1 Å². The van der Waals surface area contributed by atoms with Crippen molar-refractivity contribution >= 4 is 12.6 Å². The topological polar surface area (TPSA) is 52.6 Å². The van der Waals surface area contributed by atoms with E-state index < -0.39 is 5.79 Å². The Hall–Kier alpha value is -0.740. The van der Waals surface area contributed by atoms with Crippen molar-refractivity contribution in [1.82, 2.24) is 0 Å². The van der Waals surface area contributed by atoms with Gasteiger partial charge in [-0.2, -0.15) is 0 Å². The van der Waals surface area contributed by atoms with E-state index in [1.54, 1.807) is 0 Å². The predicted molar refractivity (Wildman–Crippen MR) is 54.5 cm³/mol. The Kier molecular flexibility index (Phi) is 5.50. The molecule has 1 rings (SSSR count). The van der Waals surface area contributed by atoms with Crippen molar-refractivity contribution < 1.29 is 19.1 Å². The second-order valence-corrected chi connectivity index (χ2v) is 3.73. The molecule has 1 aliphatic heterocycles. The van der Waals surface area contributed by atoms with Crippen LogP contribution in [-0.4, -0.2) is 31.6 Å². The fourth-order valence-corrected chi connectivity index (χ4v) is 1.82. The van der Waals surface area contributed by atoms with E-state index in [1.807, 2.05) is 0 Å². The van der Waals surface area contributed by atoms with Gasteiger partial charge in [0, 0.05) is 25.7 Å². The first-order valence-corrected chi connectivity index (χ1v) is 5.48. The largest absolute Gasteiger partial charge is 0.348 e. The molecule has 15 heavy (non-hydrogen) atoms. The summed E-state index contributed by atoms with van der Waals surface area (Å²) >= 11 is 0. The summed E-state index contributed by atoms with van der Waals surface area (Å²) in [4.78, 5) is 20.4. The van der Waals surface area contributed by atoms with Crippen molar-refractivity contribution in [3.8, 4) is 0 Å². The highest BCUT2D eigenvalue weighted by atomic mass is 16.7. The van der Waals surface area contributed by atoms with E-state index in [2.05, 4.69) is 0 Å². The molecule has 86 valence electrons. The van der Waals surface area contributed by atoms with Gasteiger partial charge in [0.05, 0.1) is 13.2 Å². The van der Waals surface area contributed by atoms with Gasteiger partial charge in [0.1, 0.15) is 12.6 Å². The molecule has 0 unspecified atom stereocenters. The summed E-state index contributed by atoms with van der Waals surface area (Å²) in [5.41, 5.74) is 0. The Morgan fingerprint density at radius 1 is 0.933 bits per heavy atom. The van der Waals surface area contributed by atoms with Crippen LogP contribution in [0.1, 0.15) is 38.5 Å². The third kappa shape index (κ3) is 4.10. The number of unbranched alkanes of at least 4 members (excludes halogenated alkanes) is 2. The summed E-state index contributed by atoms with van der Waals surface area (Å²) in [6.45, 7) is 1.23. The minimum Gasteiger partial charge on any atom is -0.348 e. The van der Waals surface area contributed by atoms with Crippen LogP contribution in [0.4, 0.5) is 0 Å². The van der Waals surface area contributed by atoms with Gasteiger partial charge in [0.15, 0.2) is 5.79 Å². The molecule has 0 radical (unpaired) electrons. The van der Waals surface area contributed by atoms with Crippen molar-refractivity contribution in [3.05, 3.63) is 0 Å². The second kappa shape index (κ2) is 6.69. The normalized spacial score (nSPS) is 18.9. The molecule has 1 saturated heterocycles. The van der Waals surface area contributed by atoms with E-state index in [0.717, 1.165) is 38.3 Å². The van der Waals surface area contributed by atoms with Gasteiger partial charge in [0.25, 0.3) is 0 Å². The lowest BCUT2D eigenvalue weighted by atomic mass is 10.0. The monoisotopic (exact) mass is 214 g/mol. The smallest absolute Gasteiger partial charge is 0.168 e. The maximum atomic E-state index is 10.2. The number of carbonyl (C=O) groups is 2. The zero-order chi connectivity index (χ0) is 11.0. The molecule has 0 aromatic heterocycles. The van der Waals surface area contributed by atoms with Crippen LogP contribution in [0.15, 0.2) is 0 Å². The van der Waals surface area contributed by atoms with Crippen LogP contribution in [-0.2, 0) is 19.1 Å². The molecule has 1 fully saturated rings. The molecule has 4 nitrogen and oxygen atoms in total. The van der Waals surface area contributed by atoms with Crippen molar-refractivity contribution in [1.29, 1.82) is 0 Å².